The number of aromatic nitrogens is 2. The molecule has 2 aromatic carbocycles. The minimum atomic E-state index is -3.23. The molecule has 0 amide bonds. The summed E-state index contributed by atoms with van der Waals surface area (Å²) in [4.78, 5) is 0.243. The summed E-state index contributed by atoms with van der Waals surface area (Å²) in [6, 6.07) is 14.0. The van der Waals surface area contributed by atoms with Crippen molar-refractivity contribution in [2.24, 2.45) is 0 Å². The standard InChI is InChI=1S/C18H18N2O4S/c1-12-4-6-14(7-5-12)18-20-19-17(24-18)13(2)23-15-8-10-16(11-9-15)25(3,21)22/h4-11,13H,1-3H3. The predicted octanol–water partition coefficient (Wildman–Crippen LogP) is 3.59. The summed E-state index contributed by atoms with van der Waals surface area (Å²) in [7, 11) is -3.23. The third-order valence-corrected chi connectivity index (χ3v) is 4.78. The first-order valence-corrected chi connectivity index (χ1v) is 9.59. The molecule has 6 nitrogen and oxygen atoms in total. The Bertz CT molecular complexity index is 961. The zero-order valence-electron chi connectivity index (χ0n) is 14.1. The van der Waals surface area contributed by atoms with Crippen molar-refractivity contribution >= 4 is 9.84 Å². The topological polar surface area (TPSA) is 82.3 Å². The molecule has 0 aliphatic rings. The van der Waals surface area contributed by atoms with Crippen LogP contribution in [-0.2, 0) is 9.84 Å². The van der Waals surface area contributed by atoms with Crippen molar-refractivity contribution in [3.63, 3.8) is 0 Å². The molecule has 0 bridgehead atoms. The van der Waals surface area contributed by atoms with Crippen molar-refractivity contribution in [3.8, 4) is 17.2 Å². The second-order valence-electron chi connectivity index (χ2n) is 5.82. The van der Waals surface area contributed by atoms with Gasteiger partial charge < -0.3 is 9.15 Å². The van der Waals surface area contributed by atoms with Crippen molar-refractivity contribution in [1.82, 2.24) is 10.2 Å². The number of benzene rings is 2. The second-order valence-corrected chi connectivity index (χ2v) is 7.83. The van der Waals surface area contributed by atoms with Crippen LogP contribution in [0.4, 0.5) is 0 Å². The largest absolute Gasteiger partial charge is 0.481 e. The molecule has 3 rings (SSSR count). The van der Waals surface area contributed by atoms with Crippen molar-refractivity contribution in [1.29, 1.82) is 0 Å². The van der Waals surface area contributed by atoms with Gasteiger partial charge in [-0.3, -0.25) is 0 Å². The summed E-state index contributed by atoms with van der Waals surface area (Å²) in [5, 5.41) is 8.08. The Morgan fingerprint density at radius 3 is 2.24 bits per heavy atom. The Morgan fingerprint density at radius 1 is 1.00 bits per heavy atom. The van der Waals surface area contributed by atoms with E-state index in [0.717, 1.165) is 17.4 Å². The Balaban J connectivity index is 1.73. The molecule has 0 fully saturated rings. The molecule has 1 aromatic heterocycles. The van der Waals surface area contributed by atoms with Gasteiger partial charge in [0, 0.05) is 11.8 Å². The fourth-order valence-electron chi connectivity index (χ4n) is 2.23. The molecule has 3 aromatic rings. The van der Waals surface area contributed by atoms with Crippen LogP contribution in [0.3, 0.4) is 0 Å². The number of hydrogen-bond acceptors (Lipinski definition) is 6. The molecule has 1 atom stereocenters. The molecule has 130 valence electrons. The number of rotatable bonds is 5. The highest BCUT2D eigenvalue weighted by Gasteiger charge is 2.17. The average Bonchev–Trinajstić information content (AvgIpc) is 3.05. The van der Waals surface area contributed by atoms with Gasteiger partial charge in [0.2, 0.25) is 5.89 Å². The predicted molar refractivity (Wildman–Crippen MR) is 93.1 cm³/mol. The molecular formula is C18H18N2O4S. The van der Waals surface area contributed by atoms with E-state index >= 15 is 0 Å². The molecule has 1 heterocycles. The first-order valence-electron chi connectivity index (χ1n) is 7.70. The second kappa shape index (κ2) is 6.68. The van der Waals surface area contributed by atoms with Crippen LogP contribution in [-0.4, -0.2) is 24.9 Å². The van der Waals surface area contributed by atoms with Gasteiger partial charge in [0.15, 0.2) is 15.9 Å². The van der Waals surface area contributed by atoms with Gasteiger partial charge in [0.1, 0.15) is 5.75 Å². The molecule has 0 saturated carbocycles. The number of nitrogens with zero attached hydrogens (tertiary/aromatic N) is 2. The van der Waals surface area contributed by atoms with Gasteiger partial charge in [-0.1, -0.05) is 17.7 Å². The lowest BCUT2D eigenvalue weighted by Crippen LogP contribution is -2.04. The molecule has 7 heteroatoms. The normalized spacial score (nSPS) is 12.8. The first-order chi connectivity index (χ1) is 11.8. The van der Waals surface area contributed by atoms with E-state index in [0.29, 0.717) is 17.5 Å². The third kappa shape index (κ3) is 4.06. The molecule has 0 aliphatic heterocycles. The highest BCUT2D eigenvalue weighted by molar-refractivity contribution is 7.90. The highest BCUT2D eigenvalue weighted by atomic mass is 32.2. The Labute approximate surface area is 146 Å². The Kier molecular flexibility index (Phi) is 4.59. The summed E-state index contributed by atoms with van der Waals surface area (Å²) in [5.74, 6) is 1.30. The fraction of sp³-hybridized carbons (Fsp3) is 0.222. The number of sulfone groups is 1. The number of ether oxygens (including phenoxy) is 1. The van der Waals surface area contributed by atoms with Gasteiger partial charge in [-0.15, -0.1) is 10.2 Å². The van der Waals surface area contributed by atoms with Crippen molar-refractivity contribution in [2.45, 2.75) is 24.8 Å². The maximum Gasteiger partial charge on any atom is 0.257 e. The first kappa shape index (κ1) is 17.2. The van der Waals surface area contributed by atoms with Crippen LogP contribution in [0.15, 0.2) is 57.8 Å². The smallest absolute Gasteiger partial charge is 0.257 e. The SMILES string of the molecule is Cc1ccc(-c2nnc(C(C)Oc3ccc(S(C)(=O)=O)cc3)o2)cc1. The molecule has 0 saturated heterocycles. The fourth-order valence-corrected chi connectivity index (χ4v) is 2.86. The summed E-state index contributed by atoms with van der Waals surface area (Å²) in [5.41, 5.74) is 1.99. The van der Waals surface area contributed by atoms with E-state index in [1.54, 1.807) is 19.1 Å². The minimum absolute atomic E-state index is 0.243. The average molecular weight is 358 g/mol. The van der Waals surface area contributed by atoms with E-state index in [9.17, 15) is 8.42 Å². The molecule has 0 N–H and O–H groups in total. The summed E-state index contributed by atoms with van der Waals surface area (Å²) < 4.78 is 34.4. The van der Waals surface area contributed by atoms with Crippen molar-refractivity contribution in [3.05, 3.63) is 60.0 Å². The summed E-state index contributed by atoms with van der Waals surface area (Å²) in [6.07, 6.45) is 0.701. The van der Waals surface area contributed by atoms with E-state index in [1.807, 2.05) is 31.2 Å². The summed E-state index contributed by atoms with van der Waals surface area (Å²) >= 11 is 0. The Morgan fingerprint density at radius 2 is 1.64 bits per heavy atom. The van der Waals surface area contributed by atoms with Gasteiger partial charge in [-0.05, 0) is 50.2 Å². The number of aryl methyl sites for hydroxylation is 1. The van der Waals surface area contributed by atoms with Gasteiger partial charge in [0.05, 0.1) is 4.90 Å². The van der Waals surface area contributed by atoms with Crippen LogP contribution in [0.25, 0.3) is 11.5 Å². The van der Waals surface area contributed by atoms with Gasteiger partial charge >= 0.3 is 0 Å². The van der Waals surface area contributed by atoms with Gasteiger partial charge in [-0.2, -0.15) is 0 Å². The lowest BCUT2D eigenvalue weighted by atomic mass is 10.1. The van der Waals surface area contributed by atoms with E-state index in [1.165, 1.54) is 12.1 Å². The van der Waals surface area contributed by atoms with Crippen LogP contribution < -0.4 is 4.74 Å². The molecular weight excluding hydrogens is 340 g/mol. The minimum Gasteiger partial charge on any atom is -0.481 e. The van der Waals surface area contributed by atoms with E-state index in [2.05, 4.69) is 10.2 Å². The van der Waals surface area contributed by atoms with Crippen LogP contribution in [0.5, 0.6) is 5.75 Å². The zero-order chi connectivity index (χ0) is 18.0. The lowest BCUT2D eigenvalue weighted by molar-refractivity contribution is 0.189. The van der Waals surface area contributed by atoms with Crippen LogP contribution in [0, 0.1) is 6.92 Å². The zero-order valence-corrected chi connectivity index (χ0v) is 14.9. The van der Waals surface area contributed by atoms with Crippen LogP contribution in [0.2, 0.25) is 0 Å². The Hall–Kier alpha value is -2.67. The summed E-state index contributed by atoms with van der Waals surface area (Å²) in [6.45, 7) is 3.80. The van der Waals surface area contributed by atoms with Crippen molar-refractivity contribution < 1.29 is 17.6 Å². The van der Waals surface area contributed by atoms with E-state index in [-0.39, 0.29) is 4.90 Å². The van der Waals surface area contributed by atoms with Gasteiger partial charge in [-0.25, -0.2) is 8.42 Å². The molecule has 0 spiro atoms. The van der Waals surface area contributed by atoms with E-state index < -0.39 is 15.9 Å². The molecule has 0 aliphatic carbocycles. The van der Waals surface area contributed by atoms with Crippen LogP contribution in [0.1, 0.15) is 24.5 Å². The monoisotopic (exact) mass is 358 g/mol. The maximum absolute atomic E-state index is 11.5. The van der Waals surface area contributed by atoms with Crippen LogP contribution >= 0.6 is 0 Å². The van der Waals surface area contributed by atoms with E-state index in [4.69, 9.17) is 9.15 Å². The maximum atomic E-state index is 11.5. The van der Waals surface area contributed by atoms with Gasteiger partial charge in [0.25, 0.3) is 5.89 Å². The molecule has 0 radical (unpaired) electrons. The molecule has 1 unspecified atom stereocenters. The third-order valence-electron chi connectivity index (χ3n) is 3.65. The van der Waals surface area contributed by atoms with Crippen molar-refractivity contribution in [2.75, 3.05) is 6.26 Å². The quantitative estimate of drug-likeness (QED) is 0.693. The highest BCUT2D eigenvalue weighted by Crippen LogP contribution is 2.25. The lowest BCUT2D eigenvalue weighted by Gasteiger charge is -2.11. The number of hydrogen-bond donors (Lipinski definition) is 0. The molecule has 25 heavy (non-hydrogen) atoms.